The van der Waals surface area contributed by atoms with E-state index in [0.717, 1.165) is 17.0 Å². The molecule has 1 fully saturated rings. The minimum Gasteiger partial charge on any atom is -0.346 e. The Kier molecular flexibility index (Phi) is 4.48. The molecule has 3 atom stereocenters. The predicted molar refractivity (Wildman–Crippen MR) is 110 cm³/mol. The summed E-state index contributed by atoms with van der Waals surface area (Å²) in [5.74, 6) is -8.80. The lowest BCUT2D eigenvalue weighted by Crippen LogP contribution is -2.52. The molecule has 32 heavy (non-hydrogen) atoms. The average molecular weight is 466 g/mol. The summed E-state index contributed by atoms with van der Waals surface area (Å²) in [6, 6.07) is 5.82. The lowest BCUT2D eigenvalue weighted by atomic mass is 10.0. The highest BCUT2D eigenvalue weighted by Crippen LogP contribution is 2.30. The Morgan fingerprint density at radius 2 is 2.00 bits per heavy atom. The molecular weight excluding hydrogens is 444 g/mol. The van der Waals surface area contributed by atoms with Crippen molar-refractivity contribution in [3.8, 4) is 0 Å². The fourth-order valence-electron chi connectivity index (χ4n) is 3.37. The molecule has 2 aliphatic rings. The number of hydrogen-bond donors (Lipinski definition) is 2. The lowest BCUT2D eigenvalue weighted by molar-refractivity contribution is -0.147. The maximum Gasteiger partial charge on any atom is 0.349 e. The molecule has 0 saturated carbocycles. The second-order valence-electron chi connectivity index (χ2n) is 7.12. The summed E-state index contributed by atoms with van der Waals surface area (Å²) in [5.41, 5.74) is -0.0697. The molecule has 0 aromatic heterocycles. The first-order valence-corrected chi connectivity index (χ1v) is 9.74. The van der Waals surface area contributed by atoms with E-state index in [4.69, 9.17) is 17.1 Å². The summed E-state index contributed by atoms with van der Waals surface area (Å²) in [4.78, 5) is 50.1. The van der Waals surface area contributed by atoms with Gasteiger partial charge in [-0.2, -0.15) is 8.78 Å². The van der Waals surface area contributed by atoms with Gasteiger partial charge in [0.25, 0.3) is 11.8 Å². The normalized spacial score (nSPS) is 27.1. The third-order valence-electron chi connectivity index (χ3n) is 5.01. The van der Waals surface area contributed by atoms with Crippen molar-refractivity contribution in [3.05, 3.63) is 69.7 Å². The van der Waals surface area contributed by atoms with Crippen molar-refractivity contribution < 1.29 is 33.5 Å². The third-order valence-corrected chi connectivity index (χ3v) is 5.26. The number of amides is 4. The molecule has 4 amide bonds. The molecule has 0 bridgehead atoms. The molecule has 7 nitrogen and oxygen atoms in total. The number of benzene rings is 2. The molecule has 166 valence electrons. The molecule has 2 aromatic carbocycles. The van der Waals surface area contributed by atoms with E-state index in [9.17, 15) is 28.0 Å². The number of halogens is 3. The van der Waals surface area contributed by atoms with Crippen molar-refractivity contribution in [1.82, 2.24) is 15.5 Å². The quantitative estimate of drug-likeness (QED) is 0.663. The van der Waals surface area contributed by atoms with Gasteiger partial charge in [-0.3, -0.25) is 24.5 Å². The van der Waals surface area contributed by atoms with Crippen LogP contribution in [0.1, 0.15) is 44.0 Å². The van der Waals surface area contributed by atoms with E-state index < -0.39 is 60.5 Å². The van der Waals surface area contributed by atoms with Crippen LogP contribution in [0.2, 0.25) is 6.43 Å². The van der Waals surface area contributed by atoms with Gasteiger partial charge in [-0.1, -0.05) is 35.9 Å². The summed E-state index contributed by atoms with van der Waals surface area (Å²) in [7, 11) is 0. The molecule has 3 unspecified atom stereocenters. The fraction of sp³-hybridized carbons (Fsp3) is 0.273. The third kappa shape index (κ3) is 4.08. The van der Waals surface area contributed by atoms with Crippen LogP contribution in [0.25, 0.3) is 0 Å². The Labute approximate surface area is 192 Å². The monoisotopic (exact) mass is 465 g/mol. The predicted octanol–water partition coefficient (Wildman–Crippen LogP) is 2.51. The first-order valence-electron chi connectivity index (χ1n) is 11.5. The van der Waals surface area contributed by atoms with Crippen LogP contribution in [-0.4, -0.2) is 34.5 Å². The summed E-state index contributed by atoms with van der Waals surface area (Å²) in [6.45, 7) is -0.886. The Morgan fingerprint density at radius 1 is 1.28 bits per heavy atom. The van der Waals surface area contributed by atoms with Gasteiger partial charge < -0.3 is 10.2 Å². The molecule has 4 rings (SSSR count). The van der Waals surface area contributed by atoms with E-state index in [1.165, 1.54) is 30.3 Å². The lowest BCUT2D eigenvalue weighted by Gasteiger charge is -2.29. The molecule has 2 N–H and O–H groups in total. The Morgan fingerprint density at radius 3 is 2.72 bits per heavy atom. The number of rotatable bonds is 5. The van der Waals surface area contributed by atoms with E-state index in [2.05, 4.69) is 0 Å². The van der Waals surface area contributed by atoms with E-state index in [1.807, 2.05) is 5.32 Å². The van der Waals surface area contributed by atoms with Gasteiger partial charge in [0.05, 0.1) is 1.37 Å². The van der Waals surface area contributed by atoms with Crippen molar-refractivity contribution in [1.29, 1.82) is 0 Å². The zero-order valence-electron chi connectivity index (χ0n) is 20.3. The van der Waals surface area contributed by atoms with Gasteiger partial charge in [-0.25, -0.2) is 0 Å². The van der Waals surface area contributed by atoms with E-state index >= 15 is 0 Å². The van der Waals surface area contributed by atoms with Crippen molar-refractivity contribution in [3.63, 3.8) is 0 Å². The van der Waals surface area contributed by atoms with Gasteiger partial charge in [0, 0.05) is 38.4 Å². The van der Waals surface area contributed by atoms with Crippen molar-refractivity contribution >= 4 is 35.2 Å². The SMILES string of the molecule is [2H]C1C(=O)NC(=O)C([2H])(N2Cc3cc(CN([2H])C(=O)C(F)(F)c4ccc(Cl)cc4)ccc3C2=O)C1[2H]. The highest BCUT2D eigenvalue weighted by molar-refractivity contribution is 6.30. The number of carbonyl (C=O) groups is 4. The molecule has 2 heterocycles. The van der Waals surface area contributed by atoms with Crippen LogP contribution in [0.3, 0.4) is 0 Å². The Balaban J connectivity index is 1.53. The van der Waals surface area contributed by atoms with Gasteiger partial charge in [-0.05, 0) is 35.7 Å². The number of hydrogen-bond acceptors (Lipinski definition) is 4. The molecule has 0 aliphatic carbocycles. The smallest absolute Gasteiger partial charge is 0.346 e. The van der Waals surface area contributed by atoms with Crippen molar-refractivity contribution in [2.75, 3.05) is 0 Å². The van der Waals surface area contributed by atoms with E-state index in [0.29, 0.717) is 0 Å². The minimum absolute atomic E-state index is 0.0677. The zero-order valence-corrected chi connectivity index (χ0v) is 17.0. The molecule has 10 heteroatoms. The number of carbonyl (C=O) groups excluding carboxylic acids is 4. The van der Waals surface area contributed by atoms with Crippen LogP contribution < -0.4 is 10.6 Å². The molecular formula is C22H18ClF2N3O4. The standard InChI is InChI=1S/C22H18ClF2N3O4/c23-15-4-2-14(3-5-15)22(24,25)21(32)26-10-12-1-6-16-13(9-12)11-28(20(16)31)17-7-8-18(29)27-19(17)30/h1-6,9,17H,7-8,10-11H2,(H,26,32)(H,27,29,30)/i7D,8D,17D/hD. The summed E-state index contributed by atoms with van der Waals surface area (Å²) in [6.07, 6.45) is -3.63. The highest BCUT2D eigenvalue weighted by Gasteiger charge is 2.41. The number of imide groups is 1. The fourth-order valence-corrected chi connectivity index (χ4v) is 3.50. The van der Waals surface area contributed by atoms with Crippen molar-refractivity contribution in [2.45, 2.75) is 37.8 Å². The number of piperidine rings is 1. The Hall–Kier alpha value is -3.33. The molecule has 2 aromatic rings. The summed E-state index contributed by atoms with van der Waals surface area (Å²) >= 11 is 5.69. The molecule has 0 spiro atoms. The van der Waals surface area contributed by atoms with Gasteiger partial charge in [0.15, 0.2) is 1.41 Å². The number of nitrogens with zero attached hydrogens (tertiary/aromatic N) is 1. The summed E-state index contributed by atoms with van der Waals surface area (Å²) in [5, 5.41) is 2.13. The minimum atomic E-state index is -3.99. The second-order valence-corrected chi connectivity index (χ2v) is 7.56. The van der Waals surface area contributed by atoms with Crippen LogP contribution >= 0.6 is 11.6 Å². The van der Waals surface area contributed by atoms with E-state index in [1.54, 1.807) is 0 Å². The first-order chi connectivity index (χ1) is 16.8. The topological polar surface area (TPSA) is 95.6 Å². The number of alkyl halides is 2. The van der Waals surface area contributed by atoms with Crippen LogP contribution in [0.4, 0.5) is 8.78 Å². The Bertz CT molecular complexity index is 1280. The second kappa shape index (κ2) is 8.31. The van der Waals surface area contributed by atoms with Crippen LogP contribution in [0.5, 0.6) is 0 Å². The maximum atomic E-state index is 14.6. The first kappa shape index (κ1) is 17.3. The van der Waals surface area contributed by atoms with Gasteiger partial charge >= 0.3 is 5.92 Å². The van der Waals surface area contributed by atoms with Crippen LogP contribution in [0.15, 0.2) is 42.5 Å². The van der Waals surface area contributed by atoms with Gasteiger partial charge in [0.1, 0.15) is 6.02 Å². The van der Waals surface area contributed by atoms with E-state index in [-0.39, 0.29) is 33.6 Å². The van der Waals surface area contributed by atoms with Gasteiger partial charge in [-0.15, -0.1) is 0 Å². The van der Waals surface area contributed by atoms with Gasteiger partial charge in [0.2, 0.25) is 11.8 Å². The number of fused-ring (bicyclic) bond motifs is 1. The van der Waals surface area contributed by atoms with Crippen LogP contribution in [0, 0.1) is 0 Å². The van der Waals surface area contributed by atoms with Crippen LogP contribution in [-0.2, 0) is 33.4 Å². The molecule has 1 saturated heterocycles. The highest BCUT2D eigenvalue weighted by atomic mass is 35.5. The average Bonchev–Trinajstić information content (AvgIpc) is 3.17. The summed E-state index contributed by atoms with van der Waals surface area (Å²) < 4.78 is 61.4. The number of nitrogens with one attached hydrogen (secondary N) is 2. The maximum absolute atomic E-state index is 14.6. The largest absolute Gasteiger partial charge is 0.349 e. The zero-order chi connectivity index (χ0) is 26.6. The molecule has 0 radical (unpaired) electrons. The molecule has 2 aliphatic heterocycles. The van der Waals surface area contributed by atoms with Crippen molar-refractivity contribution in [2.24, 2.45) is 0 Å².